The van der Waals surface area contributed by atoms with Gasteiger partial charge < -0.3 is 5.73 Å². The Labute approximate surface area is 95.3 Å². The second-order valence-corrected chi connectivity index (χ2v) is 5.53. The summed E-state index contributed by atoms with van der Waals surface area (Å²) in [6.07, 6.45) is 2.39. The van der Waals surface area contributed by atoms with Crippen LogP contribution in [0.1, 0.15) is 61.3 Å². The third-order valence-electron chi connectivity index (χ3n) is 1.10. The highest BCUT2D eigenvalue weighted by Gasteiger charge is 2.18. The van der Waals surface area contributed by atoms with Crippen molar-refractivity contribution >= 4 is 0 Å². The molecular weight excluding hydrogens is 190 g/mol. The highest BCUT2D eigenvalue weighted by Crippen LogP contribution is 2.14. The standard InChI is InChI=1S/C8H18O2.C4H11N/c1-7(2,3)9-10-8(4,5)6;1-2-3-4-5/h1-6H3;2-5H2,1H3. The summed E-state index contributed by atoms with van der Waals surface area (Å²) in [7, 11) is 0. The van der Waals surface area contributed by atoms with Crippen LogP contribution in [-0.2, 0) is 9.78 Å². The van der Waals surface area contributed by atoms with Crippen molar-refractivity contribution in [1.82, 2.24) is 0 Å². The van der Waals surface area contributed by atoms with E-state index in [9.17, 15) is 0 Å². The first-order valence-electron chi connectivity index (χ1n) is 5.69. The average molecular weight is 219 g/mol. The van der Waals surface area contributed by atoms with Gasteiger partial charge in [-0.1, -0.05) is 13.3 Å². The zero-order chi connectivity index (χ0) is 12.5. The van der Waals surface area contributed by atoms with Crippen molar-refractivity contribution in [3.63, 3.8) is 0 Å². The molecule has 0 radical (unpaired) electrons. The fourth-order valence-corrected chi connectivity index (χ4v) is 0.454. The Kier molecular flexibility index (Phi) is 9.31. The van der Waals surface area contributed by atoms with Crippen LogP contribution >= 0.6 is 0 Å². The predicted molar refractivity (Wildman–Crippen MR) is 65.6 cm³/mol. The molecule has 0 atom stereocenters. The second-order valence-electron chi connectivity index (χ2n) is 5.53. The minimum Gasteiger partial charge on any atom is -0.330 e. The molecule has 94 valence electrons. The van der Waals surface area contributed by atoms with Crippen LogP contribution in [0.4, 0.5) is 0 Å². The third kappa shape index (κ3) is 24.8. The van der Waals surface area contributed by atoms with Crippen LogP contribution in [0.2, 0.25) is 0 Å². The molecule has 0 aromatic rings. The fraction of sp³-hybridized carbons (Fsp3) is 1.00. The molecule has 0 unspecified atom stereocenters. The minimum absolute atomic E-state index is 0.215. The van der Waals surface area contributed by atoms with Crippen molar-refractivity contribution in [2.45, 2.75) is 72.5 Å². The van der Waals surface area contributed by atoms with E-state index in [4.69, 9.17) is 15.5 Å². The SMILES string of the molecule is CC(C)(C)OOC(C)(C)C.CCCCN. The molecule has 0 bridgehead atoms. The van der Waals surface area contributed by atoms with Crippen molar-refractivity contribution in [1.29, 1.82) is 0 Å². The summed E-state index contributed by atoms with van der Waals surface area (Å²) in [5.41, 5.74) is 4.71. The Bertz CT molecular complexity index is 118. The molecule has 0 saturated carbocycles. The molecule has 0 fully saturated rings. The van der Waals surface area contributed by atoms with Crippen LogP contribution in [0.25, 0.3) is 0 Å². The monoisotopic (exact) mass is 219 g/mol. The molecule has 0 saturated heterocycles. The van der Waals surface area contributed by atoms with Crippen LogP contribution in [0.3, 0.4) is 0 Å². The maximum Gasteiger partial charge on any atom is 0.0952 e. The van der Waals surface area contributed by atoms with Gasteiger partial charge >= 0.3 is 0 Å². The lowest BCUT2D eigenvalue weighted by molar-refractivity contribution is -0.393. The average Bonchev–Trinajstić information content (AvgIpc) is 2.01. The molecular formula is C12H29NO2. The Morgan fingerprint density at radius 3 is 1.27 bits per heavy atom. The summed E-state index contributed by atoms with van der Waals surface area (Å²) in [4.78, 5) is 10.2. The summed E-state index contributed by atoms with van der Waals surface area (Å²) in [5, 5.41) is 0. The summed E-state index contributed by atoms with van der Waals surface area (Å²) in [5.74, 6) is 0. The third-order valence-corrected chi connectivity index (χ3v) is 1.10. The first-order valence-corrected chi connectivity index (χ1v) is 5.69. The summed E-state index contributed by atoms with van der Waals surface area (Å²) in [6, 6.07) is 0. The second kappa shape index (κ2) is 8.08. The summed E-state index contributed by atoms with van der Waals surface area (Å²) < 4.78 is 0. The molecule has 0 spiro atoms. The maximum absolute atomic E-state index is 5.14. The quantitative estimate of drug-likeness (QED) is 0.585. The van der Waals surface area contributed by atoms with Gasteiger partial charge in [-0.05, 0) is 54.5 Å². The zero-order valence-corrected chi connectivity index (χ0v) is 11.5. The molecule has 2 N–H and O–H groups in total. The molecule has 0 aliphatic heterocycles. The molecule has 0 rings (SSSR count). The first kappa shape index (κ1) is 17.3. The number of rotatable bonds is 3. The summed E-state index contributed by atoms with van der Waals surface area (Å²) >= 11 is 0. The number of unbranched alkanes of at least 4 members (excludes halogenated alkanes) is 1. The minimum atomic E-state index is -0.215. The lowest BCUT2D eigenvalue weighted by atomic mass is 10.2. The van der Waals surface area contributed by atoms with Gasteiger partial charge in [-0.25, -0.2) is 9.78 Å². The molecule has 3 nitrogen and oxygen atoms in total. The highest BCUT2D eigenvalue weighted by molar-refractivity contribution is 4.58. The van der Waals surface area contributed by atoms with E-state index >= 15 is 0 Å². The van der Waals surface area contributed by atoms with E-state index in [-0.39, 0.29) is 11.2 Å². The van der Waals surface area contributed by atoms with Crippen molar-refractivity contribution in [2.24, 2.45) is 5.73 Å². The van der Waals surface area contributed by atoms with Gasteiger partial charge in [0, 0.05) is 0 Å². The van der Waals surface area contributed by atoms with Gasteiger partial charge in [0.15, 0.2) is 0 Å². The van der Waals surface area contributed by atoms with Crippen molar-refractivity contribution < 1.29 is 9.78 Å². The zero-order valence-electron chi connectivity index (χ0n) is 11.5. The van der Waals surface area contributed by atoms with Gasteiger partial charge in [0.25, 0.3) is 0 Å². The van der Waals surface area contributed by atoms with E-state index in [2.05, 4.69) is 6.92 Å². The number of nitrogens with two attached hydrogens (primary N) is 1. The van der Waals surface area contributed by atoms with Crippen molar-refractivity contribution in [2.75, 3.05) is 6.54 Å². The van der Waals surface area contributed by atoms with Gasteiger partial charge in [0.1, 0.15) is 0 Å². The Morgan fingerprint density at radius 1 is 0.867 bits per heavy atom. The molecule has 0 heterocycles. The van der Waals surface area contributed by atoms with E-state index in [1.165, 1.54) is 12.8 Å². The first-order chi connectivity index (χ1) is 6.62. The smallest absolute Gasteiger partial charge is 0.0952 e. The molecule has 0 aromatic heterocycles. The van der Waals surface area contributed by atoms with E-state index in [0.717, 1.165) is 6.54 Å². The molecule has 15 heavy (non-hydrogen) atoms. The Balaban J connectivity index is 0. The van der Waals surface area contributed by atoms with Crippen molar-refractivity contribution in [3.05, 3.63) is 0 Å². The topological polar surface area (TPSA) is 44.5 Å². The van der Waals surface area contributed by atoms with Crippen LogP contribution in [0.15, 0.2) is 0 Å². The van der Waals surface area contributed by atoms with E-state index < -0.39 is 0 Å². The van der Waals surface area contributed by atoms with E-state index in [1.807, 2.05) is 41.5 Å². The van der Waals surface area contributed by atoms with Crippen LogP contribution in [-0.4, -0.2) is 17.7 Å². The van der Waals surface area contributed by atoms with Gasteiger partial charge in [-0.2, -0.15) is 0 Å². The van der Waals surface area contributed by atoms with Gasteiger partial charge in [0.05, 0.1) is 11.2 Å². The summed E-state index contributed by atoms with van der Waals surface area (Å²) in [6.45, 7) is 14.7. The lowest BCUT2D eigenvalue weighted by Crippen LogP contribution is -2.27. The Morgan fingerprint density at radius 2 is 1.20 bits per heavy atom. The number of hydrogen-bond acceptors (Lipinski definition) is 3. The molecule has 0 aliphatic rings. The van der Waals surface area contributed by atoms with Gasteiger partial charge in [0.2, 0.25) is 0 Å². The molecule has 0 amide bonds. The largest absolute Gasteiger partial charge is 0.330 e. The molecule has 0 aliphatic carbocycles. The highest BCUT2D eigenvalue weighted by atomic mass is 17.2. The van der Waals surface area contributed by atoms with Crippen LogP contribution in [0, 0.1) is 0 Å². The van der Waals surface area contributed by atoms with E-state index in [1.54, 1.807) is 0 Å². The van der Waals surface area contributed by atoms with Crippen molar-refractivity contribution in [3.8, 4) is 0 Å². The van der Waals surface area contributed by atoms with Crippen LogP contribution < -0.4 is 5.73 Å². The van der Waals surface area contributed by atoms with E-state index in [0.29, 0.717) is 0 Å². The number of hydrogen-bond donors (Lipinski definition) is 1. The lowest BCUT2D eigenvalue weighted by Gasteiger charge is -2.24. The normalized spacial score (nSPS) is 12.0. The Hall–Kier alpha value is -0.120. The van der Waals surface area contributed by atoms with Gasteiger partial charge in [-0.15, -0.1) is 0 Å². The molecule has 0 aromatic carbocycles. The van der Waals surface area contributed by atoms with Crippen LogP contribution in [0.5, 0.6) is 0 Å². The maximum atomic E-state index is 5.14. The predicted octanol–water partition coefficient (Wildman–Crippen LogP) is 3.28. The van der Waals surface area contributed by atoms with Gasteiger partial charge in [-0.3, -0.25) is 0 Å². The molecule has 3 heteroatoms. The fourth-order valence-electron chi connectivity index (χ4n) is 0.454.